The molecule has 1 atom stereocenters. The highest BCUT2D eigenvalue weighted by Crippen LogP contribution is 2.06. The lowest BCUT2D eigenvalue weighted by atomic mass is 10.2. The number of aromatic nitrogens is 3. The number of rotatable bonds is 5. The number of hydrogen-bond donors (Lipinski definition) is 3. The number of aliphatic hydroxyl groups is 3. The molecule has 80 valence electrons. The Hall–Kier alpha value is -0.980. The van der Waals surface area contributed by atoms with Gasteiger partial charge < -0.3 is 15.3 Å². The van der Waals surface area contributed by atoms with Crippen molar-refractivity contribution in [1.82, 2.24) is 15.0 Å². The minimum absolute atomic E-state index is 0.154. The minimum atomic E-state index is -0.839. The molecule has 1 rings (SSSR count). The van der Waals surface area contributed by atoms with Crippen LogP contribution in [0.25, 0.3) is 0 Å². The van der Waals surface area contributed by atoms with Gasteiger partial charge in [0.25, 0.3) is 0 Å². The first-order valence-electron chi connectivity index (χ1n) is 4.53. The highest BCUT2D eigenvalue weighted by molar-refractivity contribution is 5.08. The molecule has 0 aliphatic heterocycles. The second kappa shape index (κ2) is 5.04. The average molecular weight is 201 g/mol. The summed E-state index contributed by atoms with van der Waals surface area (Å²) in [6.45, 7) is 1.65. The molecular weight excluding hydrogens is 186 g/mol. The Morgan fingerprint density at radius 1 is 1.43 bits per heavy atom. The fraction of sp³-hybridized carbons (Fsp3) is 0.750. The van der Waals surface area contributed by atoms with E-state index in [9.17, 15) is 5.11 Å². The summed E-state index contributed by atoms with van der Waals surface area (Å²) in [5.74, 6) is 0. The van der Waals surface area contributed by atoms with Crippen LogP contribution in [0, 0.1) is 0 Å². The molecule has 6 nitrogen and oxygen atoms in total. The molecule has 0 fully saturated rings. The highest BCUT2D eigenvalue weighted by atomic mass is 16.3. The summed E-state index contributed by atoms with van der Waals surface area (Å²) in [6.07, 6.45) is -0.158. The summed E-state index contributed by atoms with van der Waals surface area (Å²) < 4.78 is 1.51. The number of aliphatic hydroxyl groups excluding tert-OH is 3. The van der Waals surface area contributed by atoms with E-state index in [2.05, 4.69) is 10.3 Å². The molecule has 6 heteroatoms. The first kappa shape index (κ1) is 11.1. The van der Waals surface area contributed by atoms with E-state index in [-0.39, 0.29) is 19.8 Å². The molecule has 0 saturated carbocycles. The molecule has 1 unspecified atom stereocenters. The maximum Gasteiger partial charge on any atom is 0.111 e. The van der Waals surface area contributed by atoms with E-state index >= 15 is 0 Å². The summed E-state index contributed by atoms with van der Waals surface area (Å²) in [6, 6.07) is 0. The summed E-state index contributed by atoms with van der Waals surface area (Å²) >= 11 is 0. The Morgan fingerprint density at radius 2 is 2.14 bits per heavy atom. The number of hydrogen-bond acceptors (Lipinski definition) is 5. The van der Waals surface area contributed by atoms with Crippen LogP contribution in [0.4, 0.5) is 0 Å². The third kappa shape index (κ3) is 2.28. The van der Waals surface area contributed by atoms with E-state index in [1.165, 1.54) is 4.68 Å². The summed E-state index contributed by atoms with van der Waals surface area (Å²) in [4.78, 5) is 0. The van der Waals surface area contributed by atoms with Gasteiger partial charge in [-0.3, -0.25) is 0 Å². The SMILES string of the molecule is CCc1c(CO)nnn1CC(O)CO. The maximum absolute atomic E-state index is 9.21. The average Bonchev–Trinajstić information content (AvgIpc) is 2.59. The second-order valence-electron chi connectivity index (χ2n) is 3.01. The van der Waals surface area contributed by atoms with Crippen LogP contribution in [0.5, 0.6) is 0 Å². The molecule has 0 aromatic carbocycles. The molecular formula is C8H15N3O3. The van der Waals surface area contributed by atoms with E-state index in [0.29, 0.717) is 12.1 Å². The standard InChI is InChI=1S/C8H15N3O3/c1-2-8-7(5-13)9-10-11(8)3-6(14)4-12/h6,12-14H,2-5H2,1H3. The lowest BCUT2D eigenvalue weighted by Crippen LogP contribution is -2.22. The minimum Gasteiger partial charge on any atom is -0.394 e. The second-order valence-corrected chi connectivity index (χ2v) is 3.01. The first-order chi connectivity index (χ1) is 6.72. The molecule has 14 heavy (non-hydrogen) atoms. The molecule has 0 aliphatic rings. The van der Waals surface area contributed by atoms with Gasteiger partial charge in [-0.05, 0) is 6.42 Å². The van der Waals surface area contributed by atoms with Gasteiger partial charge >= 0.3 is 0 Å². The monoisotopic (exact) mass is 201 g/mol. The Labute approximate surface area is 81.8 Å². The Kier molecular flexibility index (Phi) is 3.99. The fourth-order valence-corrected chi connectivity index (χ4v) is 1.28. The Balaban J connectivity index is 2.80. The van der Waals surface area contributed by atoms with Crippen LogP contribution in [0.1, 0.15) is 18.3 Å². The third-order valence-corrected chi connectivity index (χ3v) is 2.00. The van der Waals surface area contributed by atoms with E-state index in [4.69, 9.17) is 10.2 Å². The van der Waals surface area contributed by atoms with Gasteiger partial charge in [0, 0.05) is 0 Å². The van der Waals surface area contributed by atoms with Crippen LogP contribution in [-0.4, -0.2) is 43.0 Å². The molecule has 0 spiro atoms. The van der Waals surface area contributed by atoms with Crippen molar-refractivity contribution in [3.8, 4) is 0 Å². The van der Waals surface area contributed by atoms with Gasteiger partial charge in [-0.25, -0.2) is 4.68 Å². The predicted octanol–water partition coefficient (Wildman–Crippen LogP) is -1.31. The molecule has 0 aliphatic carbocycles. The molecule has 1 heterocycles. The number of nitrogens with zero attached hydrogens (tertiary/aromatic N) is 3. The first-order valence-corrected chi connectivity index (χ1v) is 4.53. The Morgan fingerprint density at radius 3 is 2.64 bits per heavy atom. The molecule has 0 saturated heterocycles. The van der Waals surface area contributed by atoms with Crippen LogP contribution in [0.2, 0.25) is 0 Å². The van der Waals surface area contributed by atoms with Crippen molar-refractivity contribution in [2.75, 3.05) is 6.61 Å². The van der Waals surface area contributed by atoms with Gasteiger partial charge in [0.15, 0.2) is 0 Å². The quantitative estimate of drug-likeness (QED) is 0.550. The molecule has 0 bridgehead atoms. The van der Waals surface area contributed by atoms with Crippen molar-refractivity contribution in [2.45, 2.75) is 32.6 Å². The molecule has 0 radical (unpaired) electrons. The van der Waals surface area contributed by atoms with E-state index < -0.39 is 6.10 Å². The lowest BCUT2D eigenvalue weighted by Gasteiger charge is -2.09. The van der Waals surface area contributed by atoms with Gasteiger partial charge in [0.1, 0.15) is 5.69 Å². The summed E-state index contributed by atoms with van der Waals surface area (Å²) in [5, 5.41) is 34.3. The van der Waals surface area contributed by atoms with Crippen molar-refractivity contribution in [2.24, 2.45) is 0 Å². The molecule has 3 N–H and O–H groups in total. The van der Waals surface area contributed by atoms with Gasteiger partial charge in [-0.2, -0.15) is 0 Å². The largest absolute Gasteiger partial charge is 0.394 e. The molecule has 1 aromatic rings. The van der Waals surface area contributed by atoms with Gasteiger partial charge in [-0.15, -0.1) is 5.10 Å². The van der Waals surface area contributed by atoms with Crippen molar-refractivity contribution >= 4 is 0 Å². The van der Waals surface area contributed by atoms with Crippen LogP contribution in [-0.2, 0) is 19.6 Å². The van der Waals surface area contributed by atoms with Crippen molar-refractivity contribution < 1.29 is 15.3 Å². The zero-order chi connectivity index (χ0) is 10.6. The van der Waals surface area contributed by atoms with Crippen molar-refractivity contribution in [1.29, 1.82) is 0 Å². The van der Waals surface area contributed by atoms with Crippen LogP contribution >= 0.6 is 0 Å². The van der Waals surface area contributed by atoms with Crippen molar-refractivity contribution in [3.05, 3.63) is 11.4 Å². The zero-order valence-corrected chi connectivity index (χ0v) is 8.09. The van der Waals surface area contributed by atoms with Crippen molar-refractivity contribution in [3.63, 3.8) is 0 Å². The van der Waals surface area contributed by atoms with Gasteiger partial charge in [0.05, 0.1) is 31.6 Å². The highest BCUT2D eigenvalue weighted by Gasteiger charge is 2.12. The third-order valence-electron chi connectivity index (χ3n) is 2.00. The fourth-order valence-electron chi connectivity index (χ4n) is 1.28. The molecule has 0 amide bonds. The van der Waals surface area contributed by atoms with Crippen LogP contribution < -0.4 is 0 Å². The van der Waals surface area contributed by atoms with Crippen LogP contribution in [0.3, 0.4) is 0 Å². The van der Waals surface area contributed by atoms with Gasteiger partial charge in [0.2, 0.25) is 0 Å². The zero-order valence-electron chi connectivity index (χ0n) is 8.09. The normalized spacial score (nSPS) is 13.1. The predicted molar refractivity (Wildman–Crippen MR) is 48.4 cm³/mol. The van der Waals surface area contributed by atoms with Gasteiger partial charge in [-0.1, -0.05) is 12.1 Å². The summed E-state index contributed by atoms with van der Waals surface area (Å²) in [5.41, 5.74) is 1.32. The van der Waals surface area contributed by atoms with E-state index in [0.717, 1.165) is 5.69 Å². The maximum atomic E-state index is 9.21. The molecule has 1 aromatic heterocycles. The Bertz CT molecular complexity index is 287. The van der Waals surface area contributed by atoms with Crippen LogP contribution in [0.15, 0.2) is 0 Å². The van der Waals surface area contributed by atoms with E-state index in [1.807, 2.05) is 6.92 Å². The van der Waals surface area contributed by atoms with E-state index in [1.54, 1.807) is 0 Å². The lowest BCUT2D eigenvalue weighted by molar-refractivity contribution is 0.0770. The topological polar surface area (TPSA) is 91.4 Å². The smallest absolute Gasteiger partial charge is 0.111 e. The summed E-state index contributed by atoms with van der Waals surface area (Å²) in [7, 11) is 0.